The summed E-state index contributed by atoms with van der Waals surface area (Å²) in [6, 6.07) is 18.0. The number of aryl methyl sites for hydroxylation is 2. The normalized spacial score (nSPS) is 11.0. The van der Waals surface area contributed by atoms with Crippen molar-refractivity contribution in [2.75, 3.05) is 23.3 Å². The number of anilines is 2. The molecule has 0 aliphatic rings. The Morgan fingerprint density at radius 1 is 1.00 bits per heavy atom. The molecule has 34 heavy (non-hydrogen) atoms. The van der Waals surface area contributed by atoms with Crippen molar-refractivity contribution >= 4 is 33.2 Å². The Morgan fingerprint density at radius 3 is 2.29 bits per heavy atom. The molecule has 0 saturated heterocycles. The van der Waals surface area contributed by atoms with Crippen molar-refractivity contribution in [3.63, 3.8) is 0 Å². The Bertz CT molecular complexity index is 1300. The molecule has 0 unspecified atom stereocenters. The van der Waals surface area contributed by atoms with Crippen molar-refractivity contribution in [1.82, 2.24) is 0 Å². The number of ether oxygens (including phenoxy) is 1. The summed E-state index contributed by atoms with van der Waals surface area (Å²) < 4.78 is 33.6. The van der Waals surface area contributed by atoms with Crippen LogP contribution in [0.3, 0.4) is 0 Å². The van der Waals surface area contributed by atoms with Crippen LogP contribution in [0.2, 0.25) is 0 Å². The largest absolute Gasteiger partial charge is 0.497 e. The molecule has 0 bridgehead atoms. The van der Waals surface area contributed by atoms with Gasteiger partial charge in [-0.05, 0) is 61.9 Å². The standard InChI is InChI=1S/C25H27N3O5S/c1-17-8-13-23(18(2)16-17)34(31,32)28(19-9-11-20(33-3)12-10-19)15-14-24(29)27-22-7-5-4-6-21(22)25(26)30/h4-13,16H,14-15H2,1-3H3,(H2,26,30)(H,27,29). The number of hydrogen-bond donors (Lipinski definition) is 2. The summed E-state index contributed by atoms with van der Waals surface area (Å²) in [5, 5.41) is 2.65. The minimum atomic E-state index is -3.97. The third-order valence-corrected chi connectivity index (χ3v) is 7.25. The van der Waals surface area contributed by atoms with E-state index in [2.05, 4.69) is 5.32 Å². The fraction of sp³-hybridized carbons (Fsp3) is 0.200. The molecule has 0 atom stereocenters. The van der Waals surface area contributed by atoms with Crippen LogP contribution < -0.4 is 20.1 Å². The van der Waals surface area contributed by atoms with Crippen LogP contribution in [0.25, 0.3) is 0 Å². The zero-order valence-electron chi connectivity index (χ0n) is 19.2. The molecule has 3 aromatic rings. The molecule has 8 nitrogen and oxygen atoms in total. The highest BCUT2D eigenvalue weighted by molar-refractivity contribution is 7.92. The van der Waals surface area contributed by atoms with Gasteiger partial charge in [0.1, 0.15) is 5.75 Å². The summed E-state index contributed by atoms with van der Waals surface area (Å²) in [5.74, 6) is -0.551. The quantitative estimate of drug-likeness (QED) is 0.484. The maximum absolute atomic E-state index is 13.6. The van der Waals surface area contributed by atoms with Crippen molar-refractivity contribution in [3.05, 3.63) is 83.4 Å². The number of primary amides is 1. The summed E-state index contributed by atoms with van der Waals surface area (Å²) in [6.07, 6.45) is -0.150. The Morgan fingerprint density at radius 2 is 1.68 bits per heavy atom. The minimum absolute atomic E-state index is 0.119. The van der Waals surface area contributed by atoms with E-state index in [0.717, 1.165) is 5.56 Å². The number of rotatable bonds is 9. The average Bonchev–Trinajstić information content (AvgIpc) is 2.79. The molecule has 3 rings (SSSR count). The molecule has 0 aliphatic carbocycles. The third-order valence-electron chi connectivity index (χ3n) is 5.27. The lowest BCUT2D eigenvalue weighted by Gasteiger charge is -2.25. The van der Waals surface area contributed by atoms with E-state index in [0.29, 0.717) is 17.0 Å². The van der Waals surface area contributed by atoms with Gasteiger partial charge in [0.2, 0.25) is 5.91 Å². The third kappa shape index (κ3) is 5.55. The first kappa shape index (κ1) is 24.8. The molecule has 3 aromatic carbocycles. The van der Waals surface area contributed by atoms with Gasteiger partial charge in [-0.15, -0.1) is 0 Å². The van der Waals surface area contributed by atoms with E-state index in [1.807, 2.05) is 6.92 Å². The van der Waals surface area contributed by atoms with Gasteiger partial charge in [-0.2, -0.15) is 0 Å². The highest BCUT2D eigenvalue weighted by Crippen LogP contribution is 2.28. The van der Waals surface area contributed by atoms with E-state index in [1.165, 1.54) is 17.5 Å². The highest BCUT2D eigenvalue weighted by atomic mass is 32.2. The first-order valence-electron chi connectivity index (χ1n) is 10.6. The van der Waals surface area contributed by atoms with Gasteiger partial charge in [0.05, 0.1) is 28.9 Å². The van der Waals surface area contributed by atoms with Gasteiger partial charge in [0.15, 0.2) is 0 Å². The van der Waals surface area contributed by atoms with Gasteiger partial charge in [0, 0.05) is 13.0 Å². The van der Waals surface area contributed by atoms with E-state index in [4.69, 9.17) is 10.5 Å². The number of sulfonamides is 1. The van der Waals surface area contributed by atoms with Gasteiger partial charge in [-0.3, -0.25) is 13.9 Å². The Kier molecular flexibility index (Phi) is 7.57. The zero-order chi connectivity index (χ0) is 24.9. The van der Waals surface area contributed by atoms with Gasteiger partial charge in [0.25, 0.3) is 15.9 Å². The number of methoxy groups -OCH3 is 1. The molecule has 0 radical (unpaired) electrons. The Hall–Kier alpha value is -3.85. The fourth-order valence-corrected chi connectivity index (χ4v) is 5.24. The zero-order valence-corrected chi connectivity index (χ0v) is 20.1. The molecule has 0 fully saturated rings. The lowest BCUT2D eigenvalue weighted by molar-refractivity contribution is -0.116. The van der Waals surface area contributed by atoms with Crippen LogP contribution in [0.1, 0.15) is 27.9 Å². The van der Waals surface area contributed by atoms with E-state index < -0.39 is 21.8 Å². The molecule has 0 heterocycles. The second kappa shape index (κ2) is 10.4. The predicted octanol–water partition coefficient (Wildman–Crippen LogP) is 3.64. The monoisotopic (exact) mass is 481 g/mol. The summed E-state index contributed by atoms with van der Waals surface area (Å²) >= 11 is 0. The van der Waals surface area contributed by atoms with E-state index in [1.54, 1.807) is 67.6 Å². The van der Waals surface area contributed by atoms with E-state index in [-0.39, 0.29) is 29.1 Å². The highest BCUT2D eigenvalue weighted by Gasteiger charge is 2.27. The lowest BCUT2D eigenvalue weighted by Crippen LogP contribution is -2.34. The molecular formula is C25H27N3O5S. The Labute approximate surface area is 199 Å². The van der Waals surface area contributed by atoms with Crippen LogP contribution in [-0.2, 0) is 14.8 Å². The minimum Gasteiger partial charge on any atom is -0.497 e. The van der Waals surface area contributed by atoms with Crippen LogP contribution in [0.15, 0.2) is 71.6 Å². The van der Waals surface area contributed by atoms with Crippen molar-refractivity contribution in [3.8, 4) is 5.75 Å². The predicted molar refractivity (Wildman–Crippen MR) is 132 cm³/mol. The SMILES string of the molecule is COc1ccc(N(CCC(=O)Nc2ccccc2C(N)=O)S(=O)(=O)c2ccc(C)cc2C)cc1. The molecule has 0 spiro atoms. The molecule has 0 aliphatic heterocycles. The van der Waals surface area contributed by atoms with Crippen molar-refractivity contribution in [2.24, 2.45) is 5.73 Å². The maximum Gasteiger partial charge on any atom is 0.264 e. The number of nitrogens with zero attached hydrogens (tertiary/aromatic N) is 1. The topological polar surface area (TPSA) is 119 Å². The second-order valence-corrected chi connectivity index (χ2v) is 9.58. The summed E-state index contributed by atoms with van der Waals surface area (Å²) in [7, 11) is -2.45. The van der Waals surface area contributed by atoms with Crippen LogP contribution in [-0.4, -0.2) is 33.9 Å². The average molecular weight is 482 g/mol. The molecule has 0 aromatic heterocycles. The molecule has 178 valence electrons. The fourth-order valence-electron chi connectivity index (χ4n) is 3.57. The van der Waals surface area contributed by atoms with Gasteiger partial charge in [-0.1, -0.05) is 29.8 Å². The maximum atomic E-state index is 13.6. The number of carbonyl (C=O) groups excluding carboxylic acids is 2. The van der Waals surface area contributed by atoms with Crippen LogP contribution >= 0.6 is 0 Å². The van der Waals surface area contributed by atoms with Gasteiger partial charge in [-0.25, -0.2) is 8.42 Å². The summed E-state index contributed by atoms with van der Waals surface area (Å²) in [6.45, 7) is 3.50. The molecular weight excluding hydrogens is 454 g/mol. The van der Waals surface area contributed by atoms with Crippen LogP contribution in [0.5, 0.6) is 5.75 Å². The number of para-hydroxylation sites is 1. The molecule has 2 amide bonds. The van der Waals surface area contributed by atoms with E-state index >= 15 is 0 Å². The summed E-state index contributed by atoms with van der Waals surface area (Å²) in [4.78, 5) is 24.5. The van der Waals surface area contributed by atoms with Gasteiger partial charge < -0.3 is 15.8 Å². The number of hydrogen-bond acceptors (Lipinski definition) is 5. The number of carbonyl (C=O) groups is 2. The number of amides is 2. The van der Waals surface area contributed by atoms with Crippen molar-refractivity contribution in [2.45, 2.75) is 25.2 Å². The van der Waals surface area contributed by atoms with Crippen molar-refractivity contribution in [1.29, 1.82) is 0 Å². The van der Waals surface area contributed by atoms with Crippen molar-refractivity contribution < 1.29 is 22.7 Å². The first-order chi connectivity index (χ1) is 16.1. The smallest absolute Gasteiger partial charge is 0.264 e. The van der Waals surface area contributed by atoms with Gasteiger partial charge >= 0.3 is 0 Å². The molecule has 9 heteroatoms. The number of benzene rings is 3. The lowest BCUT2D eigenvalue weighted by atomic mass is 10.1. The second-order valence-electron chi connectivity index (χ2n) is 7.75. The number of nitrogens with two attached hydrogens (primary N) is 1. The first-order valence-corrected chi connectivity index (χ1v) is 12.0. The molecule has 0 saturated carbocycles. The summed E-state index contributed by atoms with van der Waals surface area (Å²) in [5.41, 5.74) is 7.76. The number of nitrogens with one attached hydrogen (secondary N) is 1. The Balaban J connectivity index is 1.90. The van der Waals surface area contributed by atoms with Crippen LogP contribution in [0, 0.1) is 13.8 Å². The van der Waals surface area contributed by atoms with Crippen LogP contribution in [0.4, 0.5) is 11.4 Å². The molecule has 3 N–H and O–H groups in total. The van der Waals surface area contributed by atoms with E-state index in [9.17, 15) is 18.0 Å².